The van der Waals surface area contributed by atoms with Gasteiger partial charge < -0.3 is 10.6 Å². The van der Waals surface area contributed by atoms with E-state index < -0.39 is 0 Å². The summed E-state index contributed by atoms with van der Waals surface area (Å²) in [6.07, 6.45) is 1.96. The number of aryl methyl sites for hydroxylation is 1. The van der Waals surface area contributed by atoms with Crippen molar-refractivity contribution >= 4 is 35.1 Å². The summed E-state index contributed by atoms with van der Waals surface area (Å²) in [4.78, 5) is 13.0. The third-order valence-electron chi connectivity index (χ3n) is 3.11. The summed E-state index contributed by atoms with van der Waals surface area (Å²) in [5, 5.41) is 6.29. The van der Waals surface area contributed by atoms with Gasteiger partial charge in [0.15, 0.2) is 0 Å². The lowest BCUT2D eigenvalue weighted by Crippen LogP contribution is -2.28. The van der Waals surface area contributed by atoms with Gasteiger partial charge in [0.25, 0.3) is 0 Å². The van der Waals surface area contributed by atoms with Crippen molar-refractivity contribution in [1.29, 1.82) is 0 Å². The largest absolute Gasteiger partial charge is 0.334 e. The molecule has 5 heteroatoms. The molecule has 3 nitrogen and oxygen atoms in total. The van der Waals surface area contributed by atoms with E-state index in [9.17, 15) is 4.79 Å². The first kappa shape index (κ1) is 15.7. The third kappa shape index (κ3) is 4.41. The lowest BCUT2D eigenvalue weighted by atomic mass is 10.1. The molecule has 0 fully saturated rings. The second-order valence-corrected chi connectivity index (χ2v) is 5.86. The number of halogens is 1. The highest BCUT2D eigenvalue weighted by Crippen LogP contribution is 2.28. The molecule has 2 amide bonds. The van der Waals surface area contributed by atoms with Crippen molar-refractivity contribution in [2.24, 2.45) is 0 Å². The Bertz CT molecular complexity index is 646. The monoisotopic (exact) mass is 320 g/mol. The number of rotatable bonds is 4. The summed E-state index contributed by atoms with van der Waals surface area (Å²) in [6, 6.07) is 13.2. The molecular weight excluding hydrogens is 304 g/mol. The molecule has 0 atom stereocenters. The summed E-state index contributed by atoms with van der Waals surface area (Å²) >= 11 is 7.53. The quantitative estimate of drug-likeness (QED) is 0.802. The smallest absolute Gasteiger partial charge is 0.319 e. The normalized spacial score (nSPS) is 10.2. The fraction of sp³-hybridized carbons (Fsp3) is 0.188. The zero-order valence-electron chi connectivity index (χ0n) is 11.9. The van der Waals surface area contributed by atoms with Gasteiger partial charge in [-0.05, 0) is 42.5 Å². The van der Waals surface area contributed by atoms with E-state index in [1.807, 2.05) is 49.6 Å². The van der Waals surface area contributed by atoms with E-state index in [-0.39, 0.29) is 6.03 Å². The molecule has 0 radical (unpaired) electrons. The number of nitrogens with one attached hydrogen (secondary N) is 2. The second-order valence-electron chi connectivity index (χ2n) is 4.58. The standard InChI is InChI=1S/C16H17ClN2OS/c1-11-5-3-4-6-12(11)10-18-16(20)19-14-9-13(17)7-8-15(14)21-2/h3-9H,10H2,1-2H3,(H2,18,19,20). The van der Waals surface area contributed by atoms with Gasteiger partial charge in [0.1, 0.15) is 0 Å². The van der Waals surface area contributed by atoms with Gasteiger partial charge in [0, 0.05) is 16.5 Å². The lowest BCUT2D eigenvalue weighted by molar-refractivity contribution is 0.251. The van der Waals surface area contributed by atoms with Crippen molar-refractivity contribution in [2.75, 3.05) is 11.6 Å². The topological polar surface area (TPSA) is 41.1 Å². The van der Waals surface area contributed by atoms with Gasteiger partial charge in [-0.1, -0.05) is 35.9 Å². The number of hydrogen-bond donors (Lipinski definition) is 2. The Morgan fingerprint density at radius 1 is 1.24 bits per heavy atom. The van der Waals surface area contributed by atoms with Gasteiger partial charge in [-0.2, -0.15) is 0 Å². The average molecular weight is 321 g/mol. The lowest BCUT2D eigenvalue weighted by Gasteiger charge is -2.12. The highest BCUT2D eigenvalue weighted by Gasteiger charge is 2.07. The highest BCUT2D eigenvalue weighted by atomic mass is 35.5. The highest BCUT2D eigenvalue weighted by molar-refractivity contribution is 7.98. The molecule has 2 rings (SSSR count). The summed E-state index contributed by atoms with van der Waals surface area (Å²) < 4.78 is 0. The predicted molar refractivity (Wildman–Crippen MR) is 90.3 cm³/mol. The van der Waals surface area contributed by atoms with Gasteiger partial charge in [0.05, 0.1) is 5.69 Å². The van der Waals surface area contributed by atoms with Crippen molar-refractivity contribution in [3.8, 4) is 0 Å². The van der Waals surface area contributed by atoms with Gasteiger partial charge in [-0.3, -0.25) is 0 Å². The molecule has 0 saturated carbocycles. The van der Waals surface area contributed by atoms with Gasteiger partial charge in [-0.15, -0.1) is 11.8 Å². The molecule has 0 bridgehead atoms. The molecule has 0 heterocycles. The summed E-state index contributed by atoms with van der Waals surface area (Å²) in [7, 11) is 0. The van der Waals surface area contributed by atoms with Crippen LogP contribution in [-0.4, -0.2) is 12.3 Å². The maximum Gasteiger partial charge on any atom is 0.319 e. The third-order valence-corrected chi connectivity index (χ3v) is 4.14. The predicted octanol–water partition coefficient (Wildman–Crippen LogP) is 4.69. The minimum atomic E-state index is -0.240. The summed E-state index contributed by atoms with van der Waals surface area (Å²) in [5.41, 5.74) is 2.98. The van der Waals surface area contributed by atoms with E-state index in [1.165, 1.54) is 0 Å². The van der Waals surface area contributed by atoms with Crippen molar-refractivity contribution < 1.29 is 4.79 Å². The van der Waals surface area contributed by atoms with Crippen LogP contribution in [0, 0.1) is 6.92 Å². The van der Waals surface area contributed by atoms with Crippen molar-refractivity contribution in [1.82, 2.24) is 5.32 Å². The number of carbonyl (C=O) groups excluding carboxylic acids is 1. The Balaban J connectivity index is 1.99. The molecule has 2 N–H and O–H groups in total. The van der Waals surface area contributed by atoms with Crippen molar-refractivity contribution in [3.05, 3.63) is 58.6 Å². The van der Waals surface area contributed by atoms with Crippen LogP contribution < -0.4 is 10.6 Å². The molecule has 0 aliphatic rings. The minimum Gasteiger partial charge on any atom is -0.334 e. The average Bonchev–Trinajstić information content (AvgIpc) is 2.47. The molecular formula is C16H17ClN2OS. The molecule has 0 aromatic heterocycles. The fourth-order valence-corrected chi connectivity index (χ4v) is 2.63. The molecule has 0 spiro atoms. The first-order chi connectivity index (χ1) is 10.1. The Hall–Kier alpha value is -1.65. The molecule has 21 heavy (non-hydrogen) atoms. The molecule has 2 aromatic carbocycles. The first-order valence-corrected chi connectivity index (χ1v) is 8.13. The van der Waals surface area contributed by atoms with Crippen LogP contribution in [0.15, 0.2) is 47.4 Å². The Morgan fingerprint density at radius 2 is 2.00 bits per heavy atom. The van der Waals surface area contributed by atoms with E-state index in [2.05, 4.69) is 10.6 Å². The fourth-order valence-electron chi connectivity index (χ4n) is 1.93. The molecule has 0 saturated heterocycles. The van der Waals surface area contributed by atoms with Crippen molar-refractivity contribution in [2.45, 2.75) is 18.4 Å². The van der Waals surface area contributed by atoms with Crippen molar-refractivity contribution in [3.63, 3.8) is 0 Å². The van der Waals surface area contributed by atoms with Crippen LogP contribution in [0.25, 0.3) is 0 Å². The van der Waals surface area contributed by atoms with E-state index >= 15 is 0 Å². The van der Waals surface area contributed by atoms with Crippen LogP contribution in [0.3, 0.4) is 0 Å². The Morgan fingerprint density at radius 3 is 2.71 bits per heavy atom. The van der Waals surface area contributed by atoms with Crippen LogP contribution in [0.4, 0.5) is 10.5 Å². The number of thioether (sulfide) groups is 1. The zero-order valence-corrected chi connectivity index (χ0v) is 13.5. The summed E-state index contributed by atoms with van der Waals surface area (Å²) in [5.74, 6) is 0. The number of anilines is 1. The van der Waals surface area contributed by atoms with Gasteiger partial charge in [-0.25, -0.2) is 4.79 Å². The number of benzene rings is 2. The molecule has 110 valence electrons. The number of carbonyl (C=O) groups is 1. The molecule has 0 unspecified atom stereocenters. The van der Waals surface area contributed by atoms with E-state index in [1.54, 1.807) is 17.8 Å². The number of hydrogen-bond acceptors (Lipinski definition) is 2. The van der Waals surface area contributed by atoms with Crippen LogP contribution >= 0.6 is 23.4 Å². The van der Waals surface area contributed by atoms with Crippen LogP contribution in [-0.2, 0) is 6.54 Å². The van der Waals surface area contributed by atoms with Gasteiger partial charge in [0.2, 0.25) is 0 Å². The van der Waals surface area contributed by atoms with E-state index in [0.29, 0.717) is 11.6 Å². The molecule has 2 aromatic rings. The van der Waals surface area contributed by atoms with Crippen LogP contribution in [0.1, 0.15) is 11.1 Å². The van der Waals surface area contributed by atoms with E-state index in [0.717, 1.165) is 21.7 Å². The van der Waals surface area contributed by atoms with Crippen LogP contribution in [0.2, 0.25) is 5.02 Å². The minimum absolute atomic E-state index is 0.240. The van der Waals surface area contributed by atoms with Gasteiger partial charge >= 0.3 is 6.03 Å². The van der Waals surface area contributed by atoms with Crippen LogP contribution in [0.5, 0.6) is 0 Å². The maximum atomic E-state index is 12.0. The number of amides is 2. The maximum absolute atomic E-state index is 12.0. The SMILES string of the molecule is CSc1ccc(Cl)cc1NC(=O)NCc1ccccc1C. The Labute approximate surface area is 134 Å². The second kappa shape index (κ2) is 7.38. The summed E-state index contributed by atoms with van der Waals surface area (Å²) in [6.45, 7) is 2.52. The first-order valence-electron chi connectivity index (χ1n) is 6.53. The Kier molecular flexibility index (Phi) is 5.53. The van der Waals surface area contributed by atoms with E-state index in [4.69, 9.17) is 11.6 Å². The molecule has 0 aliphatic carbocycles. The zero-order chi connectivity index (χ0) is 15.2. The molecule has 0 aliphatic heterocycles. The number of urea groups is 1.